The first-order valence-electron chi connectivity index (χ1n) is 4.71. The summed E-state index contributed by atoms with van der Waals surface area (Å²) in [7, 11) is 0. The van der Waals surface area contributed by atoms with E-state index in [-0.39, 0.29) is 17.3 Å². The Morgan fingerprint density at radius 1 is 1.41 bits per heavy atom. The molecule has 0 aliphatic carbocycles. The van der Waals surface area contributed by atoms with Crippen LogP contribution in [0.1, 0.15) is 12.5 Å². The van der Waals surface area contributed by atoms with Gasteiger partial charge in [0.1, 0.15) is 0 Å². The predicted octanol–water partition coefficient (Wildman–Crippen LogP) is 4.91. The summed E-state index contributed by atoms with van der Waals surface area (Å²) in [5.41, 5.74) is 1.10. The number of hydrogen-bond acceptors (Lipinski definition) is 1. The zero-order valence-electron chi connectivity index (χ0n) is 8.91. The molecule has 0 aliphatic rings. The molecule has 1 aromatic rings. The maximum Gasteiger partial charge on any atom is 0.418 e. The summed E-state index contributed by atoms with van der Waals surface area (Å²) in [6.07, 6.45) is -4.44. The highest BCUT2D eigenvalue weighted by Crippen LogP contribution is 2.38. The van der Waals surface area contributed by atoms with Crippen LogP contribution in [-0.2, 0) is 6.18 Å². The maximum absolute atomic E-state index is 12.7. The van der Waals surface area contributed by atoms with Gasteiger partial charge in [0.05, 0.1) is 16.3 Å². The van der Waals surface area contributed by atoms with Gasteiger partial charge in [-0.15, -0.1) is 0 Å². The van der Waals surface area contributed by atoms with E-state index in [1.807, 2.05) is 0 Å². The zero-order valence-corrected chi connectivity index (χ0v) is 10.4. The first-order chi connectivity index (χ1) is 7.86. The lowest BCUT2D eigenvalue weighted by molar-refractivity contribution is -0.136. The van der Waals surface area contributed by atoms with Gasteiger partial charge in [0.25, 0.3) is 0 Å². The van der Waals surface area contributed by atoms with Crippen molar-refractivity contribution in [1.82, 2.24) is 0 Å². The molecule has 0 aromatic heterocycles. The van der Waals surface area contributed by atoms with E-state index in [0.29, 0.717) is 5.57 Å². The molecule has 1 aromatic carbocycles. The van der Waals surface area contributed by atoms with Gasteiger partial charge in [0.2, 0.25) is 0 Å². The van der Waals surface area contributed by atoms with Crippen molar-refractivity contribution in [1.29, 1.82) is 0 Å². The Morgan fingerprint density at radius 2 is 2.06 bits per heavy atom. The van der Waals surface area contributed by atoms with Gasteiger partial charge >= 0.3 is 6.18 Å². The third-order valence-electron chi connectivity index (χ3n) is 2.05. The number of para-hydroxylation sites is 1. The van der Waals surface area contributed by atoms with E-state index >= 15 is 0 Å². The molecule has 1 N–H and O–H groups in total. The molecule has 0 aliphatic heterocycles. The van der Waals surface area contributed by atoms with E-state index < -0.39 is 11.7 Å². The number of nitrogens with one attached hydrogen (secondary N) is 1. The molecule has 0 saturated heterocycles. The van der Waals surface area contributed by atoms with Gasteiger partial charge < -0.3 is 5.32 Å². The molecule has 1 rings (SSSR count). The van der Waals surface area contributed by atoms with Gasteiger partial charge in [-0.25, -0.2) is 0 Å². The Bertz CT molecular complexity index is 427. The normalized spacial score (nSPS) is 12.7. The van der Waals surface area contributed by atoms with Gasteiger partial charge in [-0.1, -0.05) is 29.3 Å². The van der Waals surface area contributed by atoms with Crippen molar-refractivity contribution in [3.63, 3.8) is 0 Å². The van der Waals surface area contributed by atoms with Crippen LogP contribution in [0.5, 0.6) is 0 Å². The molecule has 0 atom stereocenters. The quantitative estimate of drug-likeness (QED) is 0.831. The molecule has 0 spiro atoms. The molecular weight excluding hydrogens is 274 g/mol. The summed E-state index contributed by atoms with van der Waals surface area (Å²) in [6.45, 7) is 1.90. The minimum Gasteiger partial charge on any atom is -0.380 e. The van der Waals surface area contributed by atoms with E-state index in [0.717, 1.165) is 6.07 Å². The molecule has 0 saturated carbocycles. The van der Waals surface area contributed by atoms with E-state index in [1.165, 1.54) is 17.7 Å². The van der Waals surface area contributed by atoms with Crippen molar-refractivity contribution in [2.45, 2.75) is 13.1 Å². The Balaban J connectivity index is 3.05. The standard InChI is InChI=1S/C11H10Cl2F3N/c1-7(5-12)6-17-10-8(11(14,15)16)3-2-4-9(10)13/h2-5,17H,6H2,1H3/b7-5-. The van der Waals surface area contributed by atoms with Gasteiger partial charge in [-0.3, -0.25) is 0 Å². The Hall–Kier alpha value is -0.870. The SMILES string of the molecule is C/C(=C/Cl)CNc1c(Cl)cccc1C(F)(F)F. The molecule has 17 heavy (non-hydrogen) atoms. The van der Waals surface area contributed by atoms with Crippen LogP contribution >= 0.6 is 23.2 Å². The fraction of sp³-hybridized carbons (Fsp3) is 0.273. The van der Waals surface area contributed by atoms with E-state index in [2.05, 4.69) is 5.32 Å². The topological polar surface area (TPSA) is 12.0 Å². The molecule has 0 fully saturated rings. The fourth-order valence-corrected chi connectivity index (χ4v) is 1.52. The van der Waals surface area contributed by atoms with Crippen LogP contribution in [-0.4, -0.2) is 6.54 Å². The van der Waals surface area contributed by atoms with Crippen LogP contribution in [0.4, 0.5) is 18.9 Å². The molecule has 0 amide bonds. The molecule has 0 heterocycles. The van der Waals surface area contributed by atoms with Gasteiger partial charge in [0.15, 0.2) is 0 Å². The van der Waals surface area contributed by atoms with Crippen LogP contribution in [0.2, 0.25) is 5.02 Å². The van der Waals surface area contributed by atoms with Crippen molar-refractivity contribution >= 4 is 28.9 Å². The van der Waals surface area contributed by atoms with Crippen LogP contribution in [0.25, 0.3) is 0 Å². The number of hydrogen-bond donors (Lipinski definition) is 1. The number of alkyl halides is 3. The van der Waals surface area contributed by atoms with Crippen LogP contribution in [0.15, 0.2) is 29.3 Å². The Kier molecular flexibility index (Phi) is 4.71. The number of anilines is 1. The Morgan fingerprint density at radius 3 is 2.59 bits per heavy atom. The summed E-state index contributed by atoms with van der Waals surface area (Å²) in [6, 6.07) is 3.65. The summed E-state index contributed by atoms with van der Waals surface area (Å²) < 4.78 is 38.1. The highest BCUT2D eigenvalue weighted by atomic mass is 35.5. The van der Waals surface area contributed by atoms with Crippen molar-refractivity contribution in [2.75, 3.05) is 11.9 Å². The molecule has 0 radical (unpaired) electrons. The first kappa shape index (κ1) is 14.2. The van der Waals surface area contributed by atoms with Gasteiger partial charge in [-0.05, 0) is 24.6 Å². The van der Waals surface area contributed by atoms with Crippen molar-refractivity contribution in [3.8, 4) is 0 Å². The summed E-state index contributed by atoms with van der Waals surface area (Å²) in [5, 5.41) is 2.66. The Labute approximate surface area is 107 Å². The average Bonchev–Trinajstić information content (AvgIpc) is 2.25. The number of halogens is 5. The largest absolute Gasteiger partial charge is 0.418 e. The second-order valence-electron chi connectivity index (χ2n) is 3.47. The minimum absolute atomic E-state index is 0.0298. The first-order valence-corrected chi connectivity index (χ1v) is 5.53. The number of benzene rings is 1. The second kappa shape index (κ2) is 5.65. The van der Waals surface area contributed by atoms with Gasteiger partial charge in [0, 0.05) is 12.1 Å². The highest BCUT2D eigenvalue weighted by molar-refractivity contribution is 6.33. The minimum atomic E-state index is -4.44. The average molecular weight is 284 g/mol. The fourth-order valence-electron chi connectivity index (χ4n) is 1.21. The van der Waals surface area contributed by atoms with Gasteiger partial charge in [-0.2, -0.15) is 13.2 Å². The lowest BCUT2D eigenvalue weighted by atomic mass is 10.1. The summed E-state index contributed by atoms with van der Waals surface area (Å²) >= 11 is 11.2. The highest BCUT2D eigenvalue weighted by Gasteiger charge is 2.34. The second-order valence-corrected chi connectivity index (χ2v) is 4.09. The van der Waals surface area contributed by atoms with Crippen molar-refractivity contribution in [2.24, 2.45) is 0 Å². The van der Waals surface area contributed by atoms with Crippen LogP contribution in [0, 0.1) is 0 Å². The third-order valence-corrected chi connectivity index (χ3v) is 2.74. The molecular formula is C11H10Cl2F3N. The zero-order chi connectivity index (χ0) is 13.1. The summed E-state index contributed by atoms with van der Waals surface area (Å²) in [4.78, 5) is 0. The maximum atomic E-state index is 12.7. The van der Waals surface area contributed by atoms with E-state index in [9.17, 15) is 13.2 Å². The molecule has 0 bridgehead atoms. The predicted molar refractivity (Wildman–Crippen MR) is 64.6 cm³/mol. The third kappa shape index (κ3) is 3.82. The lowest BCUT2D eigenvalue weighted by Crippen LogP contribution is -2.12. The van der Waals surface area contributed by atoms with E-state index in [4.69, 9.17) is 23.2 Å². The molecule has 0 unspecified atom stereocenters. The number of rotatable bonds is 3. The van der Waals surface area contributed by atoms with Crippen molar-refractivity contribution < 1.29 is 13.2 Å². The molecule has 6 heteroatoms. The smallest absolute Gasteiger partial charge is 0.380 e. The van der Waals surface area contributed by atoms with Crippen LogP contribution < -0.4 is 5.32 Å². The van der Waals surface area contributed by atoms with Crippen LogP contribution in [0.3, 0.4) is 0 Å². The molecule has 94 valence electrons. The van der Waals surface area contributed by atoms with Crippen molar-refractivity contribution in [3.05, 3.63) is 39.9 Å². The summed E-state index contributed by atoms with van der Waals surface area (Å²) in [5.74, 6) is 0. The lowest BCUT2D eigenvalue weighted by Gasteiger charge is -2.15. The monoisotopic (exact) mass is 283 g/mol. The molecule has 1 nitrogen and oxygen atoms in total. The van der Waals surface area contributed by atoms with E-state index in [1.54, 1.807) is 6.92 Å².